The first-order valence-corrected chi connectivity index (χ1v) is 6.22. The Morgan fingerprint density at radius 2 is 2.45 bits per heavy atom. The molecular weight excluding hydrogens is 260 g/mol. The van der Waals surface area contributed by atoms with Gasteiger partial charge in [-0.05, 0) is 17.7 Å². The first kappa shape index (κ1) is 12.7. The maximum Gasteiger partial charge on any atom is 0.416 e. The van der Waals surface area contributed by atoms with E-state index < -0.39 is 6.09 Å². The lowest BCUT2D eigenvalue weighted by atomic mass is 10.1. The van der Waals surface area contributed by atoms with Gasteiger partial charge in [0.05, 0.1) is 18.5 Å². The van der Waals surface area contributed by atoms with Gasteiger partial charge in [0.25, 0.3) is 0 Å². The van der Waals surface area contributed by atoms with Gasteiger partial charge < -0.3 is 14.0 Å². The molecule has 0 aliphatic carbocycles. The van der Waals surface area contributed by atoms with Crippen molar-refractivity contribution in [2.75, 3.05) is 25.2 Å². The second-order valence-electron chi connectivity index (χ2n) is 4.54. The number of cyclic esters (lactones) is 1. The van der Waals surface area contributed by atoms with Gasteiger partial charge >= 0.3 is 6.09 Å². The molecule has 1 aromatic carbocycles. The molecule has 1 aromatic heterocycles. The molecule has 6 nitrogen and oxygen atoms in total. The van der Waals surface area contributed by atoms with Crippen molar-refractivity contribution in [1.82, 2.24) is 5.16 Å². The van der Waals surface area contributed by atoms with Crippen molar-refractivity contribution in [2.24, 2.45) is 0 Å². The van der Waals surface area contributed by atoms with Crippen LogP contribution in [0.4, 0.5) is 10.6 Å². The molecule has 1 fully saturated rings. The van der Waals surface area contributed by atoms with Crippen LogP contribution in [0.5, 0.6) is 0 Å². The Hall–Kier alpha value is -2.34. The quantitative estimate of drug-likeness (QED) is 0.856. The minimum absolute atomic E-state index is 0.285. The molecule has 6 heteroatoms. The summed E-state index contributed by atoms with van der Waals surface area (Å²) in [4.78, 5) is 13.3. The van der Waals surface area contributed by atoms with Gasteiger partial charge in [-0.25, -0.2) is 4.79 Å². The van der Waals surface area contributed by atoms with E-state index in [1.165, 1.54) is 4.90 Å². The Kier molecular flexibility index (Phi) is 3.15. The topological polar surface area (TPSA) is 64.8 Å². The lowest BCUT2D eigenvalue weighted by Gasteiger charge is -2.08. The minimum Gasteiger partial charge on any atom is -0.441 e. The molecule has 1 saturated heterocycles. The first-order valence-electron chi connectivity index (χ1n) is 6.22. The molecule has 3 rings (SSSR count). The highest BCUT2D eigenvalue weighted by Gasteiger charge is 2.35. The molecule has 1 aliphatic rings. The number of amides is 1. The zero-order chi connectivity index (χ0) is 14.1. The summed E-state index contributed by atoms with van der Waals surface area (Å²) in [5.41, 5.74) is 1.54. The van der Waals surface area contributed by atoms with Gasteiger partial charge in [0, 0.05) is 7.11 Å². The molecule has 0 bridgehead atoms. The number of hydrogen-bond donors (Lipinski definition) is 0. The number of nitrogens with zero attached hydrogens (tertiary/aromatic N) is 2. The molecular formula is C14H14N2O4. The first-order chi connectivity index (χ1) is 9.72. The summed E-state index contributed by atoms with van der Waals surface area (Å²) in [7, 11) is 1.57. The Bertz CT molecular complexity index is 664. The highest BCUT2D eigenvalue weighted by molar-refractivity contribution is 5.99. The standard InChI is InChI=1S/C14H14N2O4/c1-3-9-4-5-11-12(6-9)20-15-13(11)16-7-10(8-18-2)19-14(16)17/h3-6,10H,1,7-8H2,2H3/t10-/m1/s1. The van der Waals surface area contributed by atoms with Gasteiger partial charge in [-0.15, -0.1) is 0 Å². The number of ether oxygens (including phenoxy) is 2. The fourth-order valence-electron chi connectivity index (χ4n) is 2.23. The highest BCUT2D eigenvalue weighted by Crippen LogP contribution is 2.30. The predicted molar refractivity (Wildman–Crippen MR) is 73.6 cm³/mol. The van der Waals surface area contributed by atoms with Crippen LogP contribution in [0.3, 0.4) is 0 Å². The maximum absolute atomic E-state index is 11.9. The van der Waals surface area contributed by atoms with Gasteiger partial charge in [-0.2, -0.15) is 0 Å². The van der Waals surface area contributed by atoms with Crippen molar-refractivity contribution in [3.8, 4) is 0 Å². The number of aromatic nitrogens is 1. The molecule has 0 spiro atoms. The van der Waals surface area contributed by atoms with E-state index in [4.69, 9.17) is 14.0 Å². The van der Waals surface area contributed by atoms with Crippen molar-refractivity contribution in [2.45, 2.75) is 6.10 Å². The van der Waals surface area contributed by atoms with Gasteiger partial charge in [-0.1, -0.05) is 23.9 Å². The summed E-state index contributed by atoms with van der Waals surface area (Å²) in [5.74, 6) is 0.471. The van der Waals surface area contributed by atoms with Crippen LogP contribution in [0.25, 0.3) is 17.0 Å². The van der Waals surface area contributed by atoms with Crippen molar-refractivity contribution in [3.63, 3.8) is 0 Å². The number of rotatable bonds is 4. The number of fused-ring (bicyclic) bond motifs is 1. The van der Waals surface area contributed by atoms with E-state index in [-0.39, 0.29) is 6.10 Å². The van der Waals surface area contributed by atoms with Crippen molar-refractivity contribution in [1.29, 1.82) is 0 Å². The Balaban J connectivity index is 1.94. The molecule has 1 atom stereocenters. The van der Waals surface area contributed by atoms with Gasteiger partial charge in [-0.3, -0.25) is 4.90 Å². The molecule has 1 amide bonds. The Morgan fingerprint density at radius 3 is 3.20 bits per heavy atom. The molecule has 0 radical (unpaired) electrons. The normalized spacial score (nSPS) is 18.6. The minimum atomic E-state index is -0.435. The largest absolute Gasteiger partial charge is 0.441 e. The lowest BCUT2D eigenvalue weighted by Crippen LogP contribution is -2.26. The summed E-state index contributed by atoms with van der Waals surface area (Å²) in [6, 6.07) is 5.58. The molecule has 2 aromatic rings. The second-order valence-corrected chi connectivity index (χ2v) is 4.54. The monoisotopic (exact) mass is 274 g/mol. The van der Waals surface area contributed by atoms with Gasteiger partial charge in [0.1, 0.15) is 6.10 Å². The van der Waals surface area contributed by atoms with Crippen LogP contribution in [0.2, 0.25) is 0 Å². The molecule has 104 valence electrons. The van der Waals surface area contributed by atoms with E-state index in [1.54, 1.807) is 13.2 Å². The second kappa shape index (κ2) is 4.97. The molecule has 0 N–H and O–H groups in total. The van der Waals surface area contributed by atoms with Crippen LogP contribution in [0.15, 0.2) is 29.3 Å². The summed E-state index contributed by atoms with van der Waals surface area (Å²) in [6.07, 6.45) is 1.00. The molecule has 1 aliphatic heterocycles. The van der Waals surface area contributed by atoms with Gasteiger partial charge in [0.2, 0.25) is 0 Å². The van der Waals surface area contributed by atoms with E-state index in [0.29, 0.717) is 24.6 Å². The third-order valence-electron chi connectivity index (χ3n) is 3.20. The van der Waals surface area contributed by atoms with Crippen LogP contribution in [0.1, 0.15) is 5.56 Å². The molecule has 2 heterocycles. The number of hydrogen-bond acceptors (Lipinski definition) is 5. The van der Waals surface area contributed by atoms with Crippen molar-refractivity contribution >= 4 is 29.0 Å². The number of anilines is 1. The van der Waals surface area contributed by atoms with Crippen LogP contribution in [-0.2, 0) is 9.47 Å². The maximum atomic E-state index is 11.9. The lowest BCUT2D eigenvalue weighted by molar-refractivity contribution is 0.0718. The average Bonchev–Trinajstić information content (AvgIpc) is 3.01. The summed E-state index contributed by atoms with van der Waals surface area (Å²) in [6.45, 7) is 4.46. The van der Waals surface area contributed by atoms with Crippen molar-refractivity contribution in [3.05, 3.63) is 30.3 Å². The summed E-state index contributed by atoms with van der Waals surface area (Å²) >= 11 is 0. The van der Waals surface area contributed by atoms with E-state index in [1.807, 2.05) is 18.2 Å². The average molecular weight is 274 g/mol. The number of carbonyl (C=O) groups is 1. The summed E-state index contributed by atoms with van der Waals surface area (Å²) < 4.78 is 15.5. The van der Waals surface area contributed by atoms with E-state index in [2.05, 4.69) is 11.7 Å². The third-order valence-corrected chi connectivity index (χ3v) is 3.20. The highest BCUT2D eigenvalue weighted by atomic mass is 16.6. The number of methoxy groups -OCH3 is 1. The predicted octanol–water partition coefficient (Wildman–Crippen LogP) is 2.44. The van der Waals surface area contributed by atoms with Crippen LogP contribution < -0.4 is 4.90 Å². The Labute approximate surface area is 115 Å². The fraction of sp³-hybridized carbons (Fsp3) is 0.286. The fourth-order valence-corrected chi connectivity index (χ4v) is 2.23. The van der Waals surface area contributed by atoms with Crippen LogP contribution in [0, 0.1) is 0 Å². The number of carbonyl (C=O) groups excluding carboxylic acids is 1. The zero-order valence-electron chi connectivity index (χ0n) is 11.0. The Morgan fingerprint density at radius 1 is 1.60 bits per heavy atom. The van der Waals surface area contributed by atoms with Crippen molar-refractivity contribution < 1.29 is 18.8 Å². The van der Waals surface area contributed by atoms with Gasteiger partial charge in [0.15, 0.2) is 11.4 Å². The SMILES string of the molecule is C=Cc1ccc2c(N3C[C@H](COC)OC3=O)noc2c1. The number of benzene rings is 1. The smallest absolute Gasteiger partial charge is 0.416 e. The molecule has 0 unspecified atom stereocenters. The van der Waals surface area contributed by atoms with Crippen LogP contribution in [-0.4, -0.2) is 37.6 Å². The molecule has 0 saturated carbocycles. The third kappa shape index (κ3) is 2.04. The van der Waals surface area contributed by atoms with E-state index >= 15 is 0 Å². The van der Waals surface area contributed by atoms with E-state index in [9.17, 15) is 4.79 Å². The van der Waals surface area contributed by atoms with E-state index in [0.717, 1.165) is 10.9 Å². The van der Waals surface area contributed by atoms with Crippen LogP contribution >= 0.6 is 0 Å². The zero-order valence-corrected chi connectivity index (χ0v) is 11.0. The summed E-state index contributed by atoms with van der Waals surface area (Å²) in [5, 5.41) is 4.74. The molecule has 20 heavy (non-hydrogen) atoms.